The Bertz CT molecular complexity index is 1150. The van der Waals surface area contributed by atoms with E-state index in [1.54, 1.807) is 4.90 Å². The number of hydrogen-bond donors (Lipinski definition) is 2. The van der Waals surface area contributed by atoms with Gasteiger partial charge in [0.05, 0.1) is 12.0 Å². The van der Waals surface area contributed by atoms with E-state index in [1.165, 1.54) is 0 Å². The molecule has 1 aliphatic carbocycles. The molecular weight excluding hydrogens is 532 g/mol. The summed E-state index contributed by atoms with van der Waals surface area (Å²) in [6.45, 7) is 12.4. The van der Waals surface area contributed by atoms with Gasteiger partial charge in [-0.1, -0.05) is 43.7 Å². The Balaban J connectivity index is 1.58. The molecule has 4 rings (SSSR count). The van der Waals surface area contributed by atoms with Gasteiger partial charge >= 0.3 is 6.09 Å². The maximum atomic E-state index is 13.6. The molecule has 9 heteroatoms. The molecule has 1 aromatic rings. The van der Waals surface area contributed by atoms with Crippen LogP contribution in [0.25, 0.3) is 6.08 Å². The summed E-state index contributed by atoms with van der Waals surface area (Å²) in [5.41, 5.74) is 2.89. The maximum Gasteiger partial charge on any atom is 0.410 e. The summed E-state index contributed by atoms with van der Waals surface area (Å²) in [5.74, 6) is -2.10. The van der Waals surface area contributed by atoms with Crippen LogP contribution in [0.15, 0.2) is 42.0 Å². The van der Waals surface area contributed by atoms with Crippen molar-refractivity contribution in [1.29, 1.82) is 0 Å². The number of amides is 1. The number of carbonyl (C=O) groups excluding carboxylic acids is 3. The molecule has 1 amide bonds. The molecule has 42 heavy (non-hydrogen) atoms. The van der Waals surface area contributed by atoms with Crippen molar-refractivity contribution >= 4 is 29.4 Å². The lowest BCUT2D eigenvalue weighted by Gasteiger charge is -2.33. The molecule has 2 aliphatic heterocycles. The van der Waals surface area contributed by atoms with E-state index in [2.05, 4.69) is 27.2 Å². The van der Waals surface area contributed by atoms with Crippen LogP contribution in [-0.4, -0.2) is 104 Å². The van der Waals surface area contributed by atoms with Gasteiger partial charge in [-0.2, -0.15) is 0 Å². The molecule has 0 bridgehead atoms. The number of allylic oxidation sites excluding steroid dienone is 2. The van der Waals surface area contributed by atoms with E-state index < -0.39 is 29.7 Å². The average Bonchev–Trinajstić information content (AvgIpc) is 2.98. The van der Waals surface area contributed by atoms with Gasteiger partial charge in [0.2, 0.25) is 11.6 Å². The van der Waals surface area contributed by atoms with E-state index in [-0.39, 0.29) is 24.3 Å². The van der Waals surface area contributed by atoms with Crippen LogP contribution in [0.4, 0.5) is 10.5 Å². The van der Waals surface area contributed by atoms with Crippen molar-refractivity contribution in [1.82, 2.24) is 15.1 Å². The minimum atomic E-state index is -0.919. The third-order valence-electron chi connectivity index (χ3n) is 8.86. The fourth-order valence-electron chi connectivity index (χ4n) is 6.08. The van der Waals surface area contributed by atoms with E-state index in [9.17, 15) is 19.5 Å². The van der Waals surface area contributed by atoms with Gasteiger partial charge in [0.15, 0.2) is 0 Å². The molecule has 230 valence electrons. The molecule has 2 saturated heterocycles. The molecule has 3 aliphatic rings. The quantitative estimate of drug-likeness (QED) is 0.413. The lowest BCUT2D eigenvalue weighted by Crippen LogP contribution is -2.48. The van der Waals surface area contributed by atoms with Gasteiger partial charge in [0, 0.05) is 64.5 Å². The standard InChI is InChI=1S/C33H48N4O5/c1-23-8-10-28(38)22-29(39)32(40)31(24(2)9-11-30(23)42-33(41)37-18-16-35(4)17-19-37)25(3)20-26-6-5-7-27(21-26)36-14-12-34-13-15-36/h5-7,9,11,20-21,23-24,28,30-31,34,38H,8,10,12-19,22H2,1-4H3/b11-9+,25-20+/t23-,24-,28+,30-,31-/m0/s1. The third kappa shape index (κ3) is 8.52. The van der Waals surface area contributed by atoms with Gasteiger partial charge in [-0.05, 0) is 62.4 Å². The first-order chi connectivity index (χ1) is 20.1. The first kappa shape index (κ1) is 31.9. The highest BCUT2D eigenvalue weighted by Gasteiger charge is 2.33. The van der Waals surface area contributed by atoms with E-state index >= 15 is 0 Å². The minimum absolute atomic E-state index is 0.0624. The van der Waals surface area contributed by atoms with E-state index in [1.807, 2.05) is 58.2 Å². The zero-order valence-electron chi connectivity index (χ0n) is 25.6. The normalized spacial score (nSPS) is 29.9. The highest BCUT2D eigenvalue weighted by Crippen LogP contribution is 2.29. The molecule has 1 aromatic carbocycles. The molecule has 0 unspecified atom stereocenters. The number of nitrogens with one attached hydrogen (secondary N) is 1. The number of ketones is 2. The molecule has 0 spiro atoms. The molecule has 0 aromatic heterocycles. The smallest absolute Gasteiger partial charge is 0.410 e. The number of hydrogen-bond acceptors (Lipinski definition) is 8. The summed E-state index contributed by atoms with van der Waals surface area (Å²) in [4.78, 5) is 45.9. The largest absolute Gasteiger partial charge is 0.442 e. The summed E-state index contributed by atoms with van der Waals surface area (Å²) in [5, 5.41) is 14.0. The fraction of sp³-hybridized carbons (Fsp3) is 0.606. The molecule has 0 radical (unpaired) electrons. The van der Waals surface area contributed by atoms with E-state index in [4.69, 9.17) is 4.74 Å². The van der Waals surface area contributed by atoms with E-state index in [0.29, 0.717) is 25.9 Å². The number of rotatable bonds is 4. The number of Topliss-reactive ketones (excluding diaryl/α,β-unsaturated/α-hetero) is 2. The summed E-state index contributed by atoms with van der Waals surface area (Å²) < 4.78 is 6.00. The zero-order valence-corrected chi connectivity index (χ0v) is 25.6. The first-order valence-corrected chi connectivity index (χ1v) is 15.4. The Morgan fingerprint density at radius 1 is 1.02 bits per heavy atom. The zero-order chi connectivity index (χ0) is 30.2. The van der Waals surface area contributed by atoms with Crippen LogP contribution in [0.1, 0.15) is 45.6 Å². The van der Waals surface area contributed by atoms with Crippen LogP contribution in [0.2, 0.25) is 0 Å². The second-order valence-electron chi connectivity index (χ2n) is 12.3. The third-order valence-corrected chi connectivity index (χ3v) is 8.86. The van der Waals surface area contributed by atoms with Gasteiger partial charge in [-0.15, -0.1) is 0 Å². The van der Waals surface area contributed by atoms with Crippen LogP contribution >= 0.6 is 0 Å². The SMILES string of the molecule is C/C(=C\c1cccc(N2CCNCC2)c1)[C@H]1C(=O)C(=O)C[C@H](O)CC[C@H](C)[C@@H](OC(=O)N2CCN(C)CC2)/C=C/[C@@H]1C. The summed E-state index contributed by atoms with van der Waals surface area (Å²) in [7, 11) is 2.04. The molecule has 2 fully saturated rings. The number of ether oxygens (including phenoxy) is 1. The fourth-order valence-corrected chi connectivity index (χ4v) is 6.08. The number of likely N-dealkylation sites (N-methyl/N-ethyl adjacent to an activating group) is 1. The van der Waals surface area contributed by atoms with Crippen molar-refractivity contribution in [3.63, 3.8) is 0 Å². The molecule has 9 nitrogen and oxygen atoms in total. The number of benzene rings is 1. The number of piperazine rings is 2. The summed E-state index contributed by atoms with van der Waals surface area (Å²) in [6, 6.07) is 8.25. The topological polar surface area (TPSA) is 102 Å². The Labute approximate surface area is 250 Å². The second kappa shape index (κ2) is 14.9. The molecule has 0 saturated carbocycles. The average molecular weight is 581 g/mol. The van der Waals surface area contributed by atoms with Gasteiger partial charge < -0.3 is 29.9 Å². The highest BCUT2D eigenvalue weighted by atomic mass is 16.6. The van der Waals surface area contributed by atoms with Crippen LogP contribution in [0.5, 0.6) is 0 Å². The van der Waals surface area contributed by atoms with Gasteiger partial charge in [-0.3, -0.25) is 9.59 Å². The summed E-state index contributed by atoms with van der Waals surface area (Å²) in [6.07, 6.45) is 4.74. The van der Waals surface area contributed by atoms with Crippen molar-refractivity contribution in [2.75, 3.05) is 64.3 Å². The molecule has 2 N–H and O–H groups in total. The van der Waals surface area contributed by atoms with Crippen LogP contribution in [-0.2, 0) is 14.3 Å². The van der Waals surface area contributed by atoms with Gasteiger partial charge in [0.1, 0.15) is 6.10 Å². The lowest BCUT2D eigenvalue weighted by molar-refractivity contribution is -0.140. The van der Waals surface area contributed by atoms with Crippen molar-refractivity contribution in [2.24, 2.45) is 17.8 Å². The number of carbonyl (C=O) groups is 3. The van der Waals surface area contributed by atoms with E-state index in [0.717, 1.165) is 56.1 Å². The van der Waals surface area contributed by atoms with Gasteiger partial charge in [-0.25, -0.2) is 4.79 Å². The predicted molar refractivity (Wildman–Crippen MR) is 165 cm³/mol. The Kier molecular flexibility index (Phi) is 11.4. The number of nitrogens with zero attached hydrogens (tertiary/aromatic N) is 3. The maximum absolute atomic E-state index is 13.6. The minimum Gasteiger partial charge on any atom is -0.442 e. The Morgan fingerprint density at radius 3 is 2.45 bits per heavy atom. The Morgan fingerprint density at radius 2 is 1.74 bits per heavy atom. The monoisotopic (exact) mass is 580 g/mol. The molecular formula is C33H48N4O5. The van der Waals surface area contributed by atoms with Crippen molar-refractivity contribution < 1.29 is 24.2 Å². The van der Waals surface area contributed by atoms with Crippen LogP contribution in [0, 0.1) is 17.8 Å². The molecule has 5 atom stereocenters. The van der Waals surface area contributed by atoms with Crippen molar-refractivity contribution in [2.45, 2.75) is 52.2 Å². The summed E-state index contributed by atoms with van der Waals surface area (Å²) >= 11 is 0. The Hall–Kier alpha value is -3.01. The van der Waals surface area contributed by atoms with Gasteiger partial charge in [0.25, 0.3) is 0 Å². The number of aliphatic hydroxyl groups excluding tert-OH is 1. The number of anilines is 1. The predicted octanol–water partition coefficient (Wildman–Crippen LogP) is 3.38. The second-order valence-corrected chi connectivity index (χ2v) is 12.3. The van der Waals surface area contributed by atoms with Crippen molar-refractivity contribution in [3.05, 3.63) is 47.6 Å². The highest BCUT2D eigenvalue weighted by molar-refractivity contribution is 6.38. The van der Waals surface area contributed by atoms with Crippen LogP contribution in [0.3, 0.4) is 0 Å². The van der Waals surface area contributed by atoms with Crippen molar-refractivity contribution in [3.8, 4) is 0 Å². The first-order valence-electron chi connectivity index (χ1n) is 15.4. The molecule has 2 heterocycles. The van der Waals surface area contributed by atoms with Crippen LogP contribution < -0.4 is 10.2 Å². The lowest BCUT2D eigenvalue weighted by atomic mass is 9.80. The number of aliphatic hydroxyl groups is 1.